The normalized spacial score (nSPS) is 11.8. The lowest BCUT2D eigenvalue weighted by Crippen LogP contribution is -2.34. The summed E-state index contributed by atoms with van der Waals surface area (Å²) >= 11 is 3.55. The largest absolute Gasteiger partial charge is 0.0654 e. The SMILES string of the molecule is CCCC[Si](CCCC)(CCCC)CCc1ccc(Br)cc1. The third-order valence-corrected chi connectivity index (χ3v) is 11.1. The average Bonchev–Trinajstić information content (AvgIpc) is 2.55. The van der Waals surface area contributed by atoms with E-state index in [0.717, 1.165) is 0 Å². The number of aryl methyl sites for hydroxylation is 1. The molecule has 0 aliphatic heterocycles. The van der Waals surface area contributed by atoms with Crippen LogP contribution < -0.4 is 0 Å². The van der Waals surface area contributed by atoms with Gasteiger partial charge in [-0.15, -0.1) is 0 Å². The molecule has 0 aliphatic rings. The fourth-order valence-corrected chi connectivity index (χ4v) is 9.36. The standard InChI is InChI=1S/C20H35BrSi/c1-4-7-15-22(16-8-5-2,17-9-6-3)18-14-19-10-12-20(21)13-11-19/h10-13H,4-9,14-18H2,1-3H3. The summed E-state index contributed by atoms with van der Waals surface area (Å²) < 4.78 is 1.20. The van der Waals surface area contributed by atoms with E-state index in [1.165, 1.54) is 61.0 Å². The van der Waals surface area contributed by atoms with Gasteiger partial charge in [0.1, 0.15) is 0 Å². The Hall–Kier alpha value is -0.0831. The van der Waals surface area contributed by atoms with Gasteiger partial charge in [0, 0.05) is 4.47 Å². The first-order chi connectivity index (χ1) is 10.7. The van der Waals surface area contributed by atoms with E-state index in [9.17, 15) is 0 Å². The summed E-state index contributed by atoms with van der Waals surface area (Å²) in [6, 6.07) is 15.2. The summed E-state index contributed by atoms with van der Waals surface area (Å²) in [5.41, 5.74) is 1.53. The van der Waals surface area contributed by atoms with Gasteiger partial charge in [0.15, 0.2) is 0 Å². The van der Waals surface area contributed by atoms with Crippen LogP contribution in [0.15, 0.2) is 28.7 Å². The Kier molecular flexibility index (Phi) is 10.4. The molecule has 0 fully saturated rings. The Morgan fingerprint density at radius 3 is 1.59 bits per heavy atom. The van der Waals surface area contributed by atoms with Crippen LogP contribution >= 0.6 is 15.9 Å². The monoisotopic (exact) mass is 382 g/mol. The summed E-state index contributed by atoms with van der Waals surface area (Å²) in [6.07, 6.45) is 9.78. The van der Waals surface area contributed by atoms with Gasteiger partial charge in [0.25, 0.3) is 0 Å². The molecular weight excluding hydrogens is 348 g/mol. The molecule has 0 N–H and O–H groups in total. The minimum atomic E-state index is -1.07. The Morgan fingerprint density at radius 1 is 0.727 bits per heavy atom. The molecule has 126 valence electrons. The van der Waals surface area contributed by atoms with Crippen molar-refractivity contribution in [3.8, 4) is 0 Å². The van der Waals surface area contributed by atoms with Crippen LogP contribution in [0.2, 0.25) is 24.2 Å². The number of hydrogen-bond donors (Lipinski definition) is 0. The van der Waals surface area contributed by atoms with Crippen LogP contribution in [0.25, 0.3) is 0 Å². The van der Waals surface area contributed by atoms with Gasteiger partial charge >= 0.3 is 0 Å². The van der Waals surface area contributed by atoms with Crippen LogP contribution in [-0.4, -0.2) is 8.07 Å². The second kappa shape index (κ2) is 11.5. The molecule has 2 heteroatoms. The lowest BCUT2D eigenvalue weighted by Gasteiger charge is -2.32. The van der Waals surface area contributed by atoms with E-state index in [4.69, 9.17) is 0 Å². The Balaban J connectivity index is 2.72. The Labute approximate surface area is 148 Å². The zero-order valence-corrected chi connectivity index (χ0v) is 17.6. The van der Waals surface area contributed by atoms with Crippen molar-refractivity contribution in [2.45, 2.75) is 89.9 Å². The van der Waals surface area contributed by atoms with Crippen LogP contribution in [0.5, 0.6) is 0 Å². The molecule has 0 unspecified atom stereocenters. The summed E-state index contributed by atoms with van der Waals surface area (Å²) in [5.74, 6) is 0. The molecule has 0 saturated carbocycles. The molecule has 0 nitrogen and oxygen atoms in total. The van der Waals surface area contributed by atoms with Gasteiger partial charge in [-0.25, -0.2) is 0 Å². The second-order valence-electron chi connectivity index (χ2n) is 6.94. The van der Waals surface area contributed by atoms with Gasteiger partial charge in [0.05, 0.1) is 8.07 Å². The highest BCUT2D eigenvalue weighted by molar-refractivity contribution is 9.10. The van der Waals surface area contributed by atoms with Gasteiger partial charge in [-0.1, -0.05) is 112 Å². The van der Waals surface area contributed by atoms with Crippen molar-refractivity contribution in [1.29, 1.82) is 0 Å². The average molecular weight is 383 g/mol. The molecule has 0 radical (unpaired) electrons. The molecule has 1 aromatic rings. The number of rotatable bonds is 12. The zero-order valence-electron chi connectivity index (χ0n) is 15.0. The fourth-order valence-electron chi connectivity index (χ4n) is 3.47. The Bertz CT molecular complexity index is 363. The molecule has 0 atom stereocenters. The number of halogens is 1. The van der Waals surface area contributed by atoms with E-state index in [0.29, 0.717) is 0 Å². The molecule has 0 spiro atoms. The van der Waals surface area contributed by atoms with E-state index < -0.39 is 8.07 Å². The minimum absolute atomic E-state index is 1.07. The van der Waals surface area contributed by atoms with Gasteiger partial charge < -0.3 is 0 Å². The third-order valence-electron chi connectivity index (χ3n) is 5.04. The van der Waals surface area contributed by atoms with Crippen molar-refractivity contribution in [2.24, 2.45) is 0 Å². The van der Waals surface area contributed by atoms with Crippen molar-refractivity contribution in [2.75, 3.05) is 0 Å². The first-order valence-corrected chi connectivity index (χ1v) is 13.0. The number of hydrogen-bond acceptors (Lipinski definition) is 0. The van der Waals surface area contributed by atoms with Crippen LogP contribution in [0, 0.1) is 0 Å². The highest BCUT2D eigenvalue weighted by Crippen LogP contribution is 2.33. The minimum Gasteiger partial charge on any atom is -0.0654 e. The van der Waals surface area contributed by atoms with Gasteiger partial charge in [-0.05, 0) is 24.1 Å². The molecule has 0 heterocycles. The van der Waals surface area contributed by atoms with E-state index in [1.54, 1.807) is 18.1 Å². The van der Waals surface area contributed by atoms with Crippen LogP contribution in [-0.2, 0) is 6.42 Å². The summed E-state index contributed by atoms with van der Waals surface area (Å²) in [6.45, 7) is 7.06. The molecule has 0 bridgehead atoms. The quantitative estimate of drug-likeness (QED) is 0.322. The number of benzene rings is 1. The molecular formula is C20H35BrSi. The second-order valence-corrected chi connectivity index (χ2v) is 12.9. The van der Waals surface area contributed by atoms with E-state index in [2.05, 4.69) is 61.0 Å². The first-order valence-electron chi connectivity index (χ1n) is 9.40. The highest BCUT2D eigenvalue weighted by Gasteiger charge is 2.30. The van der Waals surface area contributed by atoms with Gasteiger partial charge in [0.2, 0.25) is 0 Å². The maximum Gasteiger partial charge on any atom is 0.0539 e. The van der Waals surface area contributed by atoms with Crippen LogP contribution in [0.1, 0.15) is 64.9 Å². The predicted octanol–water partition coefficient (Wildman–Crippen LogP) is 7.84. The third kappa shape index (κ3) is 7.46. The smallest absolute Gasteiger partial charge is 0.0539 e. The van der Waals surface area contributed by atoms with Gasteiger partial charge in [-0.2, -0.15) is 0 Å². The molecule has 1 rings (SSSR count). The van der Waals surface area contributed by atoms with Crippen molar-refractivity contribution in [3.05, 3.63) is 34.3 Å². The predicted molar refractivity (Wildman–Crippen MR) is 108 cm³/mol. The maximum absolute atomic E-state index is 3.55. The molecule has 22 heavy (non-hydrogen) atoms. The summed E-state index contributed by atoms with van der Waals surface area (Å²) in [7, 11) is -1.07. The zero-order chi connectivity index (χ0) is 16.3. The molecule has 0 amide bonds. The lowest BCUT2D eigenvalue weighted by atomic mass is 10.2. The highest BCUT2D eigenvalue weighted by atomic mass is 79.9. The molecule has 0 aromatic heterocycles. The lowest BCUT2D eigenvalue weighted by molar-refractivity contribution is 0.780. The fraction of sp³-hybridized carbons (Fsp3) is 0.700. The Morgan fingerprint density at radius 2 is 1.18 bits per heavy atom. The van der Waals surface area contributed by atoms with Gasteiger partial charge in [-0.3, -0.25) is 0 Å². The summed E-state index contributed by atoms with van der Waals surface area (Å²) in [4.78, 5) is 0. The van der Waals surface area contributed by atoms with Crippen molar-refractivity contribution in [1.82, 2.24) is 0 Å². The van der Waals surface area contributed by atoms with E-state index in [1.807, 2.05) is 0 Å². The number of unbranched alkanes of at least 4 members (excludes halogenated alkanes) is 3. The van der Waals surface area contributed by atoms with Crippen molar-refractivity contribution >= 4 is 24.0 Å². The van der Waals surface area contributed by atoms with Crippen molar-refractivity contribution < 1.29 is 0 Å². The summed E-state index contributed by atoms with van der Waals surface area (Å²) in [5, 5.41) is 0. The first kappa shape index (κ1) is 20.0. The van der Waals surface area contributed by atoms with Crippen LogP contribution in [0.4, 0.5) is 0 Å². The maximum atomic E-state index is 3.55. The van der Waals surface area contributed by atoms with E-state index in [-0.39, 0.29) is 0 Å². The molecule has 0 aliphatic carbocycles. The van der Waals surface area contributed by atoms with E-state index >= 15 is 0 Å². The van der Waals surface area contributed by atoms with Crippen molar-refractivity contribution in [3.63, 3.8) is 0 Å². The molecule has 1 aromatic carbocycles. The molecule has 0 saturated heterocycles. The van der Waals surface area contributed by atoms with Crippen LogP contribution in [0.3, 0.4) is 0 Å². The topological polar surface area (TPSA) is 0 Å².